The number of rotatable bonds is 2. The maximum atomic E-state index is 9.98. The minimum absolute atomic E-state index is 0.329. The molecule has 2 aromatic heterocycles. The number of fused-ring (bicyclic) bond motifs is 1. The summed E-state index contributed by atoms with van der Waals surface area (Å²) >= 11 is 0. The van der Waals surface area contributed by atoms with E-state index in [2.05, 4.69) is 9.97 Å². The van der Waals surface area contributed by atoms with Crippen LogP contribution in [0.1, 0.15) is 6.23 Å². The number of nitrogen functional groups attached to an aromatic ring is 1. The first-order chi connectivity index (χ1) is 9.13. The van der Waals surface area contributed by atoms with Gasteiger partial charge in [0, 0.05) is 6.20 Å². The van der Waals surface area contributed by atoms with E-state index < -0.39 is 24.5 Å². The minimum atomic E-state index is -1.15. The van der Waals surface area contributed by atoms with Gasteiger partial charge in [-0.3, -0.25) is 0 Å². The summed E-state index contributed by atoms with van der Waals surface area (Å²) in [5.41, 5.74) is 6.23. The lowest BCUT2D eigenvalue weighted by molar-refractivity contribution is -0.0508. The van der Waals surface area contributed by atoms with E-state index in [1.807, 2.05) is 0 Å². The molecule has 0 radical (unpaired) electrons. The molecule has 1 saturated heterocycles. The van der Waals surface area contributed by atoms with Crippen LogP contribution in [-0.2, 0) is 4.74 Å². The van der Waals surface area contributed by atoms with Crippen LogP contribution < -0.4 is 5.73 Å². The van der Waals surface area contributed by atoms with Crippen molar-refractivity contribution in [2.75, 3.05) is 12.3 Å². The van der Waals surface area contributed by atoms with Crippen molar-refractivity contribution in [1.29, 1.82) is 0 Å². The molecular formula is C11H14N4O4. The summed E-state index contributed by atoms with van der Waals surface area (Å²) in [6.45, 7) is -0.370. The van der Waals surface area contributed by atoms with Crippen molar-refractivity contribution in [1.82, 2.24) is 14.5 Å². The molecule has 1 aliphatic heterocycles. The van der Waals surface area contributed by atoms with E-state index in [0.717, 1.165) is 0 Å². The van der Waals surface area contributed by atoms with E-state index in [-0.39, 0.29) is 6.61 Å². The molecule has 8 nitrogen and oxygen atoms in total. The summed E-state index contributed by atoms with van der Waals surface area (Å²) in [7, 11) is 0. The van der Waals surface area contributed by atoms with Crippen molar-refractivity contribution in [3.63, 3.8) is 0 Å². The standard InChI is InChI=1S/C11H14N4O4/c12-9-5-1-2-15(10(5)14-4-13-9)11-8(18)7(17)6(3-16)19-11/h1-2,4,6-8,11,16-18H,3H2,(H2,12,13,14)/t6-,7-,8?,11?/m1/s1. The zero-order valence-electron chi connectivity index (χ0n) is 9.92. The molecule has 0 spiro atoms. The van der Waals surface area contributed by atoms with Crippen molar-refractivity contribution in [2.45, 2.75) is 24.5 Å². The molecule has 0 saturated carbocycles. The fraction of sp³-hybridized carbons (Fsp3) is 0.455. The molecule has 5 N–H and O–H groups in total. The highest BCUT2D eigenvalue weighted by Crippen LogP contribution is 2.32. The highest BCUT2D eigenvalue weighted by molar-refractivity contribution is 5.86. The lowest BCUT2D eigenvalue weighted by Gasteiger charge is -2.17. The molecule has 0 amide bonds. The van der Waals surface area contributed by atoms with Crippen LogP contribution in [0, 0.1) is 0 Å². The molecule has 8 heteroatoms. The van der Waals surface area contributed by atoms with Crippen LogP contribution >= 0.6 is 0 Å². The third-order valence-corrected chi connectivity index (χ3v) is 3.33. The van der Waals surface area contributed by atoms with Gasteiger partial charge in [-0.15, -0.1) is 0 Å². The van der Waals surface area contributed by atoms with Gasteiger partial charge in [-0.25, -0.2) is 9.97 Å². The molecule has 2 unspecified atom stereocenters. The Morgan fingerprint density at radius 1 is 1.32 bits per heavy atom. The number of anilines is 1. The van der Waals surface area contributed by atoms with Crippen molar-refractivity contribution in [3.8, 4) is 0 Å². The Kier molecular flexibility index (Phi) is 2.86. The summed E-state index contributed by atoms with van der Waals surface area (Å²) in [6.07, 6.45) is -0.975. The first-order valence-electron chi connectivity index (χ1n) is 5.83. The molecule has 3 heterocycles. The van der Waals surface area contributed by atoms with Gasteiger partial charge >= 0.3 is 0 Å². The summed E-state index contributed by atoms with van der Waals surface area (Å²) in [5.74, 6) is 0.329. The van der Waals surface area contributed by atoms with Gasteiger partial charge in [-0.1, -0.05) is 0 Å². The van der Waals surface area contributed by atoms with E-state index in [1.165, 1.54) is 6.33 Å². The Morgan fingerprint density at radius 2 is 2.11 bits per heavy atom. The second kappa shape index (κ2) is 4.42. The SMILES string of the molecule is Nc1ncnc2c1ccn2C1O[C@H](CO)[C@@H](O)C1O. The maximum Gasteiger partial charge on any atom is 0.164 e. The van der Waals surface area contributed by atoms with E-state index in [0.29, 0.717) is 16.9 Å². The van der Waals surface area contributed by atoms with Crippen LogP contribution in [0.2, 0.25) is 0 Å². The first kappa shape index (κ1) is 12.3. The lowest BCUT2D eigenvalue weighted by atomic mass is 10.1. The van der Waals surface area contributed by atoms with E-state index in [9.17, 15) is 10.2 Å². The first-order valence-corrected chi connectivity index (χ1v) is 5.83. The highest BCUT2D eigenvalue weighted by atomic mass is 16.6. The van der Waals surface area contributed by atoms with E-state index >= 15 is 0 Å². The van der Waals surface area contributed by atoms with Gasteiger partial charge in [0.25, 0.3) is 0 Å². The number of nitrogens with two attached hydrogens (primary N) is 1. The van der Waals surface area contributed by atoms with Crippen LogP contribution in [0.25, 0.3) is 11.0 Å². The van der Waals surface area contributed by atoms with Gasteiger partial charge in [0.2, 0.25) is 0 Å². The monoisotopic (exact) mass is 266 g/mol. The van der Waals surface area contributed by atoms with Crippen molar-refractivity contribution in [3.05, 3.63) is 18.6 Å². The van der Waals surface area contributed by atoms with Crippen LogP contribution in [0.15, 0.2) is 18.6 Å². The zero-order valence-corrected chi connectivity index (χ0v) is 9.92. The molecule has 1 aliphatic rings. The molecule has 4 atom stereocenters. The van der Waals surface area contributed by atoms with Gasteiger partial charge in [-0.2, -0.15) is 0 Å². The maximum absolute atomic E-state index is 9.98. The smallest absolute Gasteiger partial charge is 0.164 e. The number of hydrogen-bond acceptors (Lipinski definition) is 7. The summed E-state index contributed by atoms with van der Waals surface area (Å²) in [5, 5.41) is 29.4. The Hall–Kier alpha value is -1.74. The average molecular weight is 266 g/mol. The Bertz CT molecular complexity index is 601. The largest absolute Gasteiger partial charge is 0.394 e. The summed E-state index contributed by atoms with van der Waals surface area (Å²) < 4.78 is 7.01. The average Bonchev–Trinajstić information content (AvgIpc) is 2.94. The topological polar surface area (TPSA) is 127 Å². The molecule has 19 heavy (non-hydrogen) atoms. The van der Waals surface area contributed by atoms with Gasteiger partial charge in [0.15, 0.2) is 6.23 Å². The quantitative estimate of drug-likeness (QED) is 0.528. The number of hydrogen-bond donors (Lipinski definition) is 4. The van der Waals surface area contributed by atoms with Crippen LogP contribution in [0.4, 0.5) is 5.82 Å². The van der Waals surface area contributed by atoms with E-state index in [1.54, 1.807) is 16.8 Å². The number of aliphatic hydroxyl groups is 3. The third kappa shape index (κ3) is 1.77. The van der Waals surface area contributed by atoms with Crippen LogP contribution in [-0.4, -0.2) is 54.8 Å². The predicted molar refractivity (Wildman–Crippen MR) is 64.9 cm³/mol. The van der Waals surface area contributed by atoms with Gasteiger partial charge in [-0.05, 0) is 6.07 Å². The van der Waals surface area contributed by atoms with Gasteiger partial charge < -0.3 is 30.4 Å². The second-order valence-electron chi connectivity index (χ2n) is 4.45. The molecule has 0 aliphatic carbocycles. The summed E-state index contributed by atoms with van der Waals surface area (Å²) in [4.78, 5) is 7.97. The number of aromatic nitrogens is 3. The normalized spacial score (nSPS) is 31.1. The highest BCUT2D eigenvalue weighted by Gasteiger charge is 2.43. The second-order valence-corrected chi connectivity index (χ2v) is 4.45. The van der Waals surface area contributed by atoms with Crippen LogP contribution in [0.5, 0.6) is 0 Å². The van der Waals surface area contributed by atoms with E-state index in [4.69, 9.17) is 15.6 Å². The zero-order chi connectivity index (χ0) is 13.6. The molecular weight excluding hydrogens is 252 g/mol. The van der Waals surface area contributed by atoms with Gasteiger partial charge in [0.1, 0.15) is 36.1 Å². The number of aliphatic hydroxyl groups excluding tert-OH is 3. The Labute approximate surface area is 108 Å². The molecule has 0 bridgehead atoms. The Balaban J connectivity index is 2.04. The van der Waals surface area contributed by atoms with Crippen molar-refractivity contribution in [2.24, 2.45) is 0 Å². The summed E-state index contributed by atoms with van der Waals surface area (Å²) in [6, 6.07) is 1.71. The predicted octanol–water partition coefficient (Wildman–Crippen LogP) is -1.38. The number of ether oxygens (including phenoxy) is 1. The Morgan fingerprint density at radius 3 is 2.79 bits per heavy atom. The minimum Gasteiger partial charge on any atom is -0.394 e. The molecule has 0 aromatic carbocycles. The van der Waals surface area contributed by atoms with Gasteiger partial charge in [0.05, 0.1) is 12.0 Å². The fourth-order valence-electron chi connectivity index (χ4n) is 2.31. The van der Waals surface area contributed by atoms with Crippen LogP contribution in [0.3, 0.4) is 0 Å². The fourth-order valence-corrected chi connectivity index (χ4v) is 2.31. The lowest BCUT2D eigenvalue weighted by Crippen LogP contribution is -2.33. The molecule has 3 rings (SSSR count). The van der Waals surface area contributed by atoms with Crippen molar-refractivity contribution >= 4 is 16.9 Å². The van der Waals surface area contributed by atoms with Crippen molar-refractivity contribution < 1.29 is 20.1 Å². The molecule has 102 valence electrons. The molecule has 1 fully saturated rings. The molecule has 2 aromatic rings. The number of nitrogens with zero attached hydrogens (tertiary/aromatic N) is 3. The third-order valence-electron chi connectivity index (χ3n) is 3.33.